The van der Waals surface area contributed by atoms with E-state index in [-0.39, 0.29) is 27.8 Å². The Morgan fingerprint density at radius 2 is 1.84 bits per heavy atom. The fraction of sp³-hybridized carbons (Fsp3) is 0.318. The van der Waals surface area contributed by atoms with E-state index in [9.17, 15) is 25.0 Å². The van der Waals surface area contributed by atoms with Crippen LogP contribution in [-0.2, 0) is 9.53 Å². The van der Waals surface area contributed by atoms with E-state index < -0.39 is 28.9 Å². The van der Waals surface area contributed by atoms with Crippen molar-refractivity contribution in [3.8, 4) is 17.6 Å². The number of carbonyl (C=O) groups is 2. The highest BCUT2D eigenvalue weighted by Gasteiger charge is 2.33. The van der Waals surface area contributed by atoms with Crippen molar-refractivity contribution in [3.63, 3.8) is 0 Å². The zero-order valence-electron chi connectivity index (χ0n) is 17.0. The Morgan fingerprint density at radius 1 is 1.16 bits per heavy atom. The normalized spacial score (nSPS) is 14.6. The number of nitrogens with zero attached hydrogens (tertiary/aromatic N) is 2. The zero-order valence-corrected chi connectivity index (χ0v) is 17.8. The van der Waals surface area contributed by atoms with Crippen LogP contribution in [0.1, 0.15) is 42.5 Å². The fourth-order valence-electron chi connectivity index (χ4n) is 3.44. The average molecular weight is 458 g/mol. The number of nitro groups is 1. The quantitative estimate of drug-likeness (QED) is 0.366. The summed E-state index contributed by atoms with van der Waals surface area (Å²) in [7, 11) is 0. The number of benzene rings is 2. The molecule has 0 saturated heterocycles. The lowest BCUT2D eigenvalue weighted by Crippen LogP contribution is -2.50. The van der Waals surface area contributed by atoms with Gasteiger partial charge in [0.2, 0.25) is 5.75 Å². The molecule has 1 N–H and O–H groups in total. The molecule has 1 saturated carbocycles. The largest absolute Gasteiger partial charge is 0.452 e. The number of hydrogen-bond donors (Lipinski definition) is 1. The van der Waals surface area contributed by atoms with Gasteiger partial charge in [-0.15, -0.1) is 0 Å². The van der Waals surface area contributed by atoms with Gasteiger partial charge >= 0.3 is 11.7 Å². The molecular formula is C22H20ClN3O6. The third-order valence-electron chi connectivity index (χ3n) is 5.07. The van der Waals surface area contributed by atoms with Gasteiger partial charge in [-0.3, -0.25) is 14.9 Å². The smallest absolute Gasteiger partial charge is 0.338 e. The maximum absolute atomic E-state index is 12.2. The molecule has 9 nitrogen and oxygen atoms in total. The van der Waals surface area contributed by atoms with Crippen LogP contribution >= 0.6 is 11.6 Å². The van der Waals surface area contributed by atoms with Crippen LogP contribution in [0.25, 0.3) is 0 Å². The maximum Gasteiger partial charge on any atom is 0.338 e. The van der Waals surface area contributed by atoms with E-state index in [2.05, 4.69) is 11.4 Å². The van der Waals surface area contributed by atoms with Crippen LogP contribution in [-0.4, -0.2) is 28.9 Å². The molecule has 10 heteroatoms. The lowest BCUT2D eigenvalue weighted by atomic mass is 9.83. The Balaban J connectivity index is 1.57. The van der Waals surface area contributed by atoms with Crippen molar-refractivity contribution >= 4 is 29.2 Å². The number of nitrogens with one attached hydrogen (secondary N) is 1. The molecule has 0 atom stereocenters. The van der Waals surface area contributed by atoms with Crippen LogP contribution in [0.5, 0.6) is 11.5 Å². The van der Waals surface area contributed by atoms with Gasteiger partial charge in [0, 0.05) is 11.1 Å². The number of nitro benzene ring substituents is 1. The summed E-state index contributed by atoms with van der Waals surface area (Å²) in [5.41, 5.74) is -1.02. The lowest BCUT2D eigenvalue weighted by Gasteiger charge is -2.31. The average Bonchev–Trinajstić information content (AvgIpc) is 2.79. The summed E-state index contributed by atoms with van der Waals surface area (Å²) in [6.07, 6.45) is 3.91. The summed E-state index contributed by atoms with van der Waals surface area (Å²) >= 11 is 5.79. The Labute approximate surface area is 189 Å². The molecule has 3 rings (SSSR count). The van der Waals surface area contributed by atoms with Crippen molar-refractivity contribution in [2.75, 3.05) is 6.61 Å². The van der Waals surface area contributed by atoms with E-state index in [1.54, 1.807) is 0 Å². The predicted octanol–water partition coefficient (Wildman–Crippen LogP) is 4.54. The van der Waals surface area contributed by atoms with Gasteiger partial charge in [-0.05, 0) is 49.2 Å². The third-order valence-corrected chi connectivity index (χ3v) is 5.30. The lowest BCUT2D eigenvalue weighted by molar-refractivity contribution is -0.385. The van der Waals surface area contributed by atoms with E-state index >= 15 is 0 Å². The molecule has 0 aromatic heterocycles. The first-order chi connectivity index (χ1) is 15.3. The molecule has 32 heavy (non-hydrogen) atoms. The van der Waals surface area contributed by atoms with Crippen molar-refractivity contribution in [3.05, 3.63) is 63.2 Å². The number of esters is 1. The molecule has 2 aromatic rings. The van der Waals surface area contributed by atoms with Crippen LogP contribution in [0.3, 0.4) is 0 Å². The molecule has 1 amide bonds. The highest BCUT2D eigenvalue weighted by atomic mass is 35.5. The molecule has 0 unspecified atom stereocenters. The van der Waals surface area contributed by atoms with Gasteiger partial charge in [-0.2, -0.15) is 5.26 Å². The van der Waals surface area contributed by atoms with Crippen molar-refractivity contribution in [1.29, 1.82) is 5.26 Å². The van der Waals surface area contributed by atoms with Crippen LogP contribution in [0, 0.1) is 21.4 Å². The Morgan fingerprint density at radius 3 is 2.47 bits per heavy atom. The molecule has 2 aromatic carbocycles. The Kier molecular flexibility index (Phi) is 7.28. The van der Waals surface area contributed by atoms with Crippen LogP contribution in [0.15, 0.2) is 42.5 Å². The summed E-state index contributed by atoms with van der Waals surface area (Å²) in [6, 6.07) is 11.9. The topological polar surface area (TPSA) is 132 Å². The number of halogens is 1. The summed E-state index contributed by atoms with van der Waals surface area (Å²) in [5, 5.41) is 23.5. The highest BCUT2D eigenvalue weighted by molar-refractivity contribution is 6.30. The molecule has 0 bridgehead atoms. The molecule has 1 fully saturated rings. The molecule has 0 spiro atoms. The summed E-state index contributed by atoms with van der Waals surface area (Å²) in [5.74, 6) is -0.992. The molecule has 166 valence electrons. The van der Waals surface area contributed by atoms with E-state index in [0.29, 0.717) is 12.8 Å². The van der Waals surface area contributed by atoms with Crippen molar-refractivity contribution in [1.82, 2.24) is 5.32 Å². The number of amides is 1. The maximum atomic E-state index is 12.2. The molecule has 0 aliphatic heterocycles. The van der Waals surface area contributed by atoms with Gasteiger partial charge in [-0.25, -0.2) is 4.79 Å². The first-order valence-corrected chi connectivity index (χ1v) is 10.3. The van der Waals surface area contributed by atoms with E-state index in [1.165, 1.54) is 42.5 Å². The number of carbonyl (C=O) groups excluding carboxylic acids is 2. The SMILES string of the molecule is N#CC1(NC(=O)COC(=O)c2ccc(Oc3ccc(Cl)cc3[N+](=O)[O-])cc2)CCCCC1. The number of rotatable bonds is 7. The van der Waals surface area contributed by atoms with Gasteiger partial charge in [0.1, 0.15) is 11.3 Å². The summed E-state index contributed by atoms with van der Waals surface area (Å²) < 4.78 is 10.6. The minimum absolute atomic E-state index is 0.000493. The number of hydrogen-bond acceptors (Lipinski definition) is 7. The van der Waals surface area contributed by atoms with Gasteiger partial charge in [0.15, 0.2) is 6.61 Å². The van der Waals surface area contributed by atoms with Crippen molar-refractivity contribution in [2.24, 2.45) is 0 Å². The minimum atomic E-state index is -0.898. The summed E-state index contributed by atoms with van der Waals surface area (Å²) in [6.45, 7) is -0.502. The van der Waals surface area contributed by atoms with Crippen LogP contribution in [0.2, 0.25) is 5.02 Å². The predicted molar refractivity (Wildman–Crippen MR) is 114 cm³/mol. The molecular weight excluding hydrogens is 438 g/mol. The van der Waals surface area contributed by atoms with Gasteiger partial charge in [-0.1, -0.05) is 30.9 Å². The molecule has 1 aliphatic carbocycles. The third kappa shape index (κ3) is 5.74. The van der Waals surface area contributed by atoms with Gasteiger partial charge in [0.25, 0.3) is 5.91 Å². The van der Waals surface area contributed by atoms with Gasteiger partial charge < -0.3 is 14.8 Å². The van der Waals surface area contributed by atoms with Crippen molar-refractivity contribution < 1.29 is 24.0 Å². The molecule has 0 heterocycles. The van der Waals surface area contributed by atoms with Crippen molar-refractivity contribution in [2.45, 2.75) is 37.6 Å². The second-order valence-electron chi connectivity index (χ2n) is 7.37. The second-order valence-corrected chi connectivity index (χ2v) is 7.81. The first-order valence-electron chi connectivity index (χ1n) is 9.93. The zero-order chi connectivity index (χ0) is 23.1. The number of ether oxygens (including phenoxy) is 2. The van der Waals surface area contributed by atoms with E-state index in [4.69, 9.17) is 21.1 Å². The highest BCUT2D eigenvalue weighted by Crippen LogP contribution is 2.33. The van der Waals surface area contributed by atoms with E-state index in [0.717, 1.165) is 19.3 Å². The van der Waals surface area contributed by atoms with E-state index in [1.807, 2.05) is 0 Å². The van der Waals surface area contributed by atoms with Gasteiger partial charge in [0.05, 0.1) is 16.6 Å². The standard InChI is InChI=1S/C22H20ClN3O6/c23-16-6-9-19(18(12-16)26(29)30)32-17-7-4-15(5-8-17)21(28)31-13-20(27)25-22(14-24)10-2-1-3-11-22/h4-9,12H,1-3,10-11,13H2,(H,25,27). The van der Waals surface area contributed by atoms with Crippen LogP contribution < -0.4 is 10.1 Å². The molecule has 1 aliphatic rings. The monoisotopic (exact) mass is 457 g/mol. The summed E-state index contributed by atoms with van der Waals surface area (Å²) in [4.78, 5) is 34.9. The fourth-order valence-corrected chi connectivity index (χ4v) is 3.61. The number of nitriles is 1. The molecule has 0 radical (unpaired) electrons. The second kappa shape index (κ2) is 10.1. The Hall–Kier alpha value is -3.64. The minimum Gasteiger partial charge on any atom is -0.452 e. The van der Waals surface area contributed by atoms with Crippen LogP contribution in [0.4, 0.5) is 5.69 Å². The first kappa shape index (κ1) is 23.0. The Bertz CT molecular complexity index is 1060.